The van der Waals surface area contributed by atoms with Crippen LogP contribution in [0.25, 0.3) is 0 Å². The van der Waals surface area contributed by atoms with E-state index in [1.165, 1.54) is 5.56 Å². The minimum absolute atomic E-state index is 0.00798. The number of hydrogen-bond donors (Lipinski definition) is 1. The molecule has 0 aromatic heterocycles. The number of hydrogen-bond acceptors (Lipinski definition) is 3. The van der Waals surface area contributed by atoms with E-state index in [0.717, 1.165) is 29.0 Å². The average molecular weight is 432 g/mol. The van der Waals surface area contributed by atoms with Gasteiger partial charge in [-0.15, -0.1) is 0 Å². The van der Waals surface area contributed by atoms with Gasteiger partial charge < -0.3 is 14.8 Å². The second kappa shape index (κ2) is 11.4. The van der Waals surface area contributed by atoms with E-state index >= 15 is 0 Å². The zero-order valence-electron chi connectivity index (χ0n) is 19.4. The summed E-state index contributed by atoms with van der Waals surface area (Å²) >= 11 is 0. The standard InChI is InChI=1S/C28H33NO3/c1-5-27(23-13-11-22(12-14-23)20(3)4)29-28(30)24-9-7-21(8-10-24)19-32-26-17-15-25(16-18-26)31-6-2/h7-18,20,27H,5-6,19H2,1-4H3,(H,29,30)/t27-/m1/s1. The summed E-state index contributed by atoms with van der Waals surface area (Å²) in [6.45, 7) is 9.49. The van der Waals surface area contributed by atoms with Crippen LogP contribution in [0.1, 0.15) is 73.1 Å². The van der Waals surface area contributed by atoms with E-state index in [0.29, 0.717) is 24.7 Å². The number of ether oxygens (including phenoxy) is 2. The lowest BCUT2D eigenvalue weighted by Gasteiger charge is -2.18. The Bertz CT molecular complexity index is 977. The molecule has 0 spiro atoms. The lowest BCUT2D eigenvalue weighted by molar-refractivity contribution is 0.0935. The maximum absolute atomic E-state index is 12.8. The fraction of sp³-hybridized carbons (Fsp3) is 0.321. The Balaban J connectivity index is 1.56. The van der Waals surface area contributed by atoms with Crippen molar-refractivity contribution in [3.05, 3.63) is 95.1 Å². The molecule has 1 atom stereocenters. The Morgan fingerprint density at radius 3 is 1.88 bits per heavy atom. The van der Waals surface area contributed by atoms with Crippen molar-refractivity contribution in [2.75, 3.05) is 6.61 Å². The Kier molecular flexibility index (Phi) is 8.32. The van der Waals surface area contributed by atoms with Gasteiger partial charge in [-0.1, -0.05) is 57.2 Å². The third kappa shape index (κ3) is 6.36. The lowest BCUT2D eigenvalue weighted by Crippen LogP contribution is -2.28. The molecule has 168 valence electrons. The fourth-order valence-electron chi connectivity index (χ4n) is 3.49. The van der Waals surface area contributed by atoms with Crippen LogP contribution in [-0.4, -0.2) is 12.5 Å². The normalized spacial score (nSPS) is 11.8. The smallest absolute Gasteiger partial charge is 0.251 e. The minimum Gasteiger partial charge on any atom is -0.494 e. The minimum atomic E-state index is -0.0660. The van der Waals surface area contributed by atoms with Gasteiger partial charge in [-0.25, -0.2) is 0 Å². The summed E-state index contributed by atoms with van der Waals surface area (Å²) < 4.78 is 11.3. The van der Waals surface area contributed by atoms with Gasteiger partial charge in [0.1, 0.15) is 18.1 Å². The largest absolute Gasteiger partial charge is 0.494 e. The summed E-state index contributed by atoms with van der Waals surface area (Å²) in [5, 5.41) is 3.16. The van der Waals surface area contributed by atoms with E-state index in [2.05, 4.69) is 50.4 Å². The molecule has 0 fully saturated rings. The first kappa shape index (κ1) is 23.4. The van der Waals surface area contributed by atoms with Crippen LogP contribution in [0.5, 0.6) is 11.5 Å². The Hall–Kier alpha value is -3.27. The van der Waals surface area contributed by atoms with Crippen LogP contribution in [-0.2, 0) is 6.61 Å². The van der Waals surface area contributed by atoms with Crippen molar-refractivity contribution in [3.63, 3.8) is 0 Å². The molecule has 0 aliphatic carbocycles. The molecule has 0 radical (unpaired) electrons. The Labute approximate surface area is 191 Å². The van der Waals surface area contributed by atoms with Crippen molar-refractivity contribution in [2.45, 2.75) is 52.7 Å². The van der Waals surface area contributed by atoms with Crippen molar-refractivity contribution in [3.8, 4) is 11.5 Å². The van der Waals surface area contributed by atoms with Crippen LogP contribution in [0, 0.1) is 0 Å². The summed E-state index contributed by atoms with van der Waals surface area (Å²) in [6, 6.07) is 23.7. The van der Waals surface area contributed by atoms with Gasteiger partial charge in [0.25, 0.3) is 5.91 Å². The van der Waals surface area contributed by atoms with E-state index in [9.17, 15) is 4.79 Å². The molecule has 3 aromatic carbocycles. The summed E-state index contributed by atoms with van der Waals surface area (Å²) in [5.41, 5.74) is 4.09. The van der Waals surface area contributed by atoms with Gasteiger partial charge in [0, 0.05) is 5.56 Å². The van der Waals surface area contributed by atoms with Crippen molar-refractivity contribution < 1.29 is 14.3 Å². The highest BCUT2D eigenvalue weighted by Gasteiger charge is 2.14. The van der Waals surface area contributed by atoms with Gasteiger partial charge >= 0.3 is 0 Å². The quantitative estimate of drug-likeness (QED) is 0.390. The third-order valence-electron chi connectivity index (χ3n) is 5.48. The van der Waals surface area contributed by atoms with Crippen molar-refractivity contribution in [1.82, 2.24) is 5.32 Å². The zero-order valence-corrected chi connectivity index (χ0v) is 19.4. The molecule has 0 saturated heterocycles. The molecule has 1 N–H and O–H groups in total. The number of benzene rings is 3. The average Bonchev–Trinajstić information content (AvgIpc) is 2.82. The van der Waals surface area contributed by atoms with Gasteiger partial charge in [-0.05, 0) is 72.4 Å². The van der Waals surface area contributed by atoms with Gasteiger partial charge in [-0.3, -0.25) is 4.79 Å². The van der Waals surface area contributed by atoms with E-state index in [1.807, 2.05) is 55.5 Å². The second-order valence-electron chi connectivity index (χ2n) is 8.15. The highest BCUT2D eigenvalue weighted by atomic mass is 16.5. The number of rotatable bonds is 10. The predicted octanol–water partition coefficient (Wildman–Crippen LogP) is 6.67. The molecule has 32 heavy (non-hydrogen) atoms. The fourth-order valence-corrected chi connectivity index (χ4v) is 3.49. The van der Waals surface area contributed by atoms with Crippen LogP contribution in [0.3, 0.4) is 0 Å². The molecule has 0 heterocycles. The van der Waals surface area contributed by atoms with E-state index < -0.39 is 0 Å². The molecule has 1 amide bonds. The third-order valence-corrected chi connectivity index (χ3v) is 5.48. The Morgan fingerprint density at radius 1 is 0.781 bits per heavy atom. The monoisotopic (exact) mass is 431 g/mol. The van der Waals surface area contributed by atoms with Gasteiger partial charge in [-0.2, -0.15) is 0 Å². The number of carbonyl (C=O) groups is 1. The topological polar surface area (TPSA) is 47.6 Å². The molecule has 0 bridgehead atoms. The molecule has 3 aromatic rings. The molecule has 0 aliphatic heterocycles. The highest BCUT2D eigenvalue weighted by molar-refractivity contribution is 5.94. The summed E-state index contributed by atoms with van der Waals surface area (Å²) in [5.74, 6) is 2.04. The van der Waals surface area contributed by atoms with E-state index in [4.69, 9.17) is 9.47 Å². The van der Waals surface area contributed by atoms with Gasteiger partial charge in [0.05, 0.1) is 12.6 Å². The number of nitrogens with one attached hydrogen (secondary N) is 1. The molecule has 3 rings (SSSR count). The van der Waals surface area contributed by atoms with Crippen molar-refractivity contribution >= 4 is 5.91 Å². The van der Waals surface area contributed by atoms with Crippen LogP contribution in [0.2, 0.25) is 0 Å². The van der Waals surface area contributed by atoms with Crippen LogP contribution < -0.4 is 14.8 Å². The summed E-state index contributed by atoms with van der Waals surface area (Å²) in [7, 11) is 0. The molecule has 0 aliphatic rings. The maximum Gasteiger partial charge on any atom is 0.251 e. The molecule has 4 nitrogen and oxygen atoms in total. The van der Waals surface area contributed by atoms with Crippen LogP contribution in [0.15, 0.2) is 72.8 Å². The van der Waals surface area contributed by atoms with Crippen molar-refractivity contribution in [1.29, 1.82) is 0 Å². The number of carbonyl (C=O) groups excluding carboxylic acids is 1. The molecular formula is C28H33NO3. The van der Waals surface area contributed by atoms with Crippen LogP contribution in [0.4, 0.5) is 0 Å². The maximum atomic E-state index is 12.8. The first-order chi connectivity index (χ1) is 15.5. The van der Waals surface area contributed by atoms with Gasteiger partial charge in [0.2, 0.25) is 0 Å². The highest BCUT2D eigenvalue weighted by Crippen LogP contribution is 2.22. The number of amides is 1. The summed E-state index contributed by atoms with van der Waals surface area (Å²) in [6.07, 6.45) is 0.834. The Morgan fingerprint density at radius 2 is 1.34 bits per heavy atom. The van der Waals surface area contributed by atoms with Crippen molar-refractivity contribution in [2.24, 2.45) is 0 Å². The first-order valence-corrected chi connectivity index (χ1v) is 11.4. The first-order valence-electron chi connectivity index (χ1n) is 11.4. The molecule has 0 saturated carbocycles. The second-order valence-corrected chi connectivity index (χ2v) is 8.15. The molecule has 4 heteroatoms. The van der Waals surface area contributed by atoms with E-state index in [-0.39, 0.29) is 11.9 Å². The summed E-state index contributed by atoms with van der Waals surface area (Å²) in [4.78, 5) is 12.8. The predicted molar refractivity (Wildman–Crippen MR) is 129 cm³/mol. The van der Waals surface area contributed by atoms with Crippen LogP contribution >= 0.6 is 0 Å². The molecular weight excluding hydrogens is 398 g/mol. The zero-order chi connectivity index (χ0) is 22.9. The molecule has 0 unspecified atom stereocenters. The van der Waals surface area contributed by atoms with Gasteiger partial charge in [0.15, 0.2) is 0 Å². The lowest BCUT2D eigenvalue weighted by atomic mass is 9.98. The SMILES string of the molecule is CCOc1ccc(OCc2ccc(C(=O)N[C@H](CC)c3ccc(C(C)C)cc3)cc2)cc1. The van der Waals surface area contributed by atoms with E-state index in [1.54, 1.807) is 0 Å².